The lowest BCUT2D eigenvalue weighted by Gasteiger charge is -2.37. The van der Waals surface area contributed by atoms with Crippen LogP contribution in [0.4, 0.5) is 5.69 Å². The zero-order valence-corrected chi connectivity index (χ0v) is 15.4. The van der Waals surface area contributed by atoms with Gasteiger partial charge in [0.1, 0.15) is 6.42 Å². The second-order valence-corrected chi connectivity index (χ2v) is 7.31. The summed E-state index contributed by atoms with van der Waals surface area (Å²) in [5.74, 6) is -0.162. The van der Waals surface area contributed by atoms with Crippen molar-refractivity contribution in [1.82, 2.24) is 10.2 Å². The Morgan fingerprint density at radius 1 is 1.08 bits per heavy atom. The molecule has 0 aromatic heterocycles. The summed E-state index contributed by atoms with van der Waals surface area (Å²) in [4.78, 5) is 28.6. The zero-order valence-electron chi connectivity index (χ0n) is 15.4. The molecule has 0 spiro atoms. The summed E-state index contributed by atoms with van der Waals surface area (Å²) < 4.78 is 0. The third-order valence-corrected chi connectivity index (χ3v) is 5.58. The molecule has 1 aliphatic carbocycles. The van der Waals surface area contributed by atoms with Crippen molar-refractivity contribution in [3.05, 3.63) is 29.3 Å². The van der Waals surface area contributed by atoms with Gasteiger partial charge in [-0.05, 0) is 43.9 Å². The predicted octanol–water partition coefficient (Wildman–Crippen LogP) is 2.40. The van der Waals surface area contributed by atoms with Gasteiger partial charge in [-0.1, -0.05) is 25.0 Å². The van der Waals surface area contributed by atoms with Crippen LogP contribution < -0.4 is 10.2 Å². The number of nitrogens with zero attached hydrogens (tertiary/aromatic N) is 2. The van der Waals surface area contributed by atoms with E-state index in [4.69, 9.17) is 0 Å². The van der Waals surface area contributed by atoms with Gasteiger partial charge in [0.15, 0.2) is 0 Å². The molecule has 1 aromatic carbocycles. The van der Waals surface area contributed by atoms with E-state index in [1.165, 1.54) is 29.7 Å². The minimum atomic E-state index is -0.117. The third kappa shape index (κ3) is 4.33. The van der Waals surface area contributed by atoms with Crippen molar-refractivity contribution in [2.24, 2.45) is 0 Å². The number of carbonyl (C=O) groups excluding carboxylic acids is 2. The van der Waals surface area contributed by atoms with E-state index in [0.29, 0.717) is 13.1 Å². The Balaban J connectivity index is 1.49. The lowest BCUT2D eigenvalue weighted by molar-refractivity contribution is -0.136. The fourth-order valence-electron chi connectivity index (χ4n) is 3.87. The van der Waals surface area contributed by atoms with Gasteiger partial charge in [-0.2, -0.15) is 0 Å². The Hall–Kier alpha value is -2.04. The summed E-state index contributed by atoms with van der Waals surface area (Å²) in [6, 6.07) is 6.64. The largest absolute Gasteiger partial charge is 0.368 e. The quantitative estimate of drug-likeness (QED) is 0.854. The van der Waals surface area contributed by atoms with Crippen LogP contribution in [-0.2, 0) is 9.59 Å². The van der Waals surface area contributed by atoms with Gasteiger partial charge in [0.2, 0.25) is 11.8 Å². The molecular formula is C20H29N3O2. The molecule has 0 atom stereocenters. The van der Waals surface area contributed by atoms with Gasteiger partial charge in [-0.25, -0.2) is 0 Å². The molecule has 136 valence electrons. The van der Waals surface area contributed by atoms with Crippen molar-refractivity contribution in [1.29, 1.82) is 0 Å². The van der Waals surface area contributed by atoms with Crippen LogP contribution in [0.3, 0.4) is 0 Å². The van der Waals surface area contributed by atoms with E-state index in [9.17, 15) is 9.59 Å². The van der Waals surface area contributed by atoms with Gasteiger partial charge in [0.25, 0.3) is 0 Å². The maximum atomic E-state index is 12.4. The second-order valence-electron chi connectivity index (χ2n) is 7.31. The number of anilines is 1. The normalized spacial score (nSPS) is 18.5. The lowest BCUT2D eigenvalue weighted by atomic mass is 10.1. The van der Waals surface area contributed by atoms with E-state index in [0.717, 1.165) is 25.9 Å². The number of amides is 2. The monoisotopic (exact) mass is 343 g/mol. The van der Waals surface area contributed by atoms with Crippen LogP contribution in [0.1, 0.15) is 43.2 Å². The second kappa shape index (κ2) is 7.89. The maximum Gasteiger partial charge on any atom is 0.232 e. The molecule has 0 bridgehead atoms. The molecule has 1 aliphatic heterocycles. The fourth-order valence-corrected chi connectivity index (χ4v) is 3.87. The Morgan fingerprint density at radius 3 is 2.44 bits per heavy atom. The molecule has 3 rings (SSSR count). The van der Waals surface area contributed by atoms with Crippen molar-refractivity contribution in [3.63, 3.8) is 0 Å². The first kappa shape index (κ1) is 17.8. The van der Waals surface area contributed by atoms with Gasteiger partial charge in [-0.15, -0.1) is 0 Å². The molecule has 2 fully saturated rings. The Labute approximate surface area is 150 Å². The van der Waals surface area contributed by atoms with Crippen LogP contribution in [0, 0.1) is 13.8 Å². The van der Waals surface area contributed by atoms with Crippen LogP contribution in [0.15, 0.2) is 18.2 Å². The number of benzene rings is 1. The molecule has 0 radical (unpaired) electrons. The van der Waals surface area contributed by atoms with Gasteiger partial charge in [0.05, 0.1) is 0 Å². The molecule has 0 unspecified atom stereocenters. The highest BCUT2D eigenvalue weighted by atomic mass is 16.2. The number of hydrogen-bond acceptors (Lipinski definition) is 3. The van der Waals surface area contributed by atoms with Gasteiger partial charge >= 0.3 is 0 Å². The lowest BCUT2D eigenvalue weighted by Crippen LogP contribution is -2.50. The van der Waals surface area contributed by atoms with Crippen molar-refractivity contribution < 1.29 is 9.59 Å². The highest BCUT2D eigenvalue weighted by molar-refractivity contribution is 5.97. The first-order chi connectivity index (χ1) is 12.0. The first-order valence-corrected chi connectivity index (χ1v) is 9.43. The summed E-state index contributed by atoms with van der Waals surface area (Å²) in [5, 5.41) is 3.00. The van der Waals surface area contributed by atoms with Crippen molar-refractivity contribution in [2.45, 2.75) is 52.0 Å². The zero-order chi connectivity index (χ0) is 17.8. The minimum Gasteiger partial charge on any atom is -0.368 e. The van der Waals surface area contributed by atoms with E-state index in [1.54, 1.807) is 0 Å². The molecule has 2 amide bonds. The van der Waals surface area contributed by atoms with Crippen molar-refractivity contribution >= 4 is 17.5 Å². The van der Waals surface area contributed by atoms with Crippen LogP contribution >= 0.6 is 0 Å². The van der Waals surface area contributed by atoms with Gasteiger partial charge in [0, 0.05) is 37.9 Å². The topological polar surface area (TPSA) is 52.7 Å². The van der Waals surface area contributed by atoms with Crippen LogP contribution in [0.25, 0.3) is 0 Å². The Morgan fingerprint density at radius 2 is 1.76 bits per heavy atom. The number of rotatable bonds is 4. The smallest absolute Gasteiger partial charge is 0.232 e. The summed E-state index contributed by atoms with van der Waals surface area (Å²) in [5.41, 5.74) is 3.85. The van der Waals surface area contributed by atoms with Gasteiger partial charge < -0.3 is 15.1 Å². The van der Waals surface area contributed by atoms with Crippen molar-refractivity contribution in [2.75, 3.05) is 31.1 Å². The number of hydrogen-bond donors (Lipinski definition) is 1. The Bertz CT molecular complexity index is 630. The SMILES string of the molecule is Cc1cccc(N2CCN(C(=O)CC(=O)NC3CCCC3)CC2)c1C. The molecular weight excluding hydrogens is 314 g/mol. The number of piperazine rings is 1. The van der Waals surface area contributed by atoms with E-state index in [-0.39, 0.29) is 24.3 Å². The van der Waals surface area contributed by atoms with Crippen LogP contribution in [-0.4, -0.2) is 48.9 Å². The summed E-state index contributed by atoms with van der Waals surface area (Å²) in [7, 11) is 0. The molecule has 1 saturated heterocycles. The van der Waals surface area contributed by atoms with E-state index >= 15 is 0 Å². The molecule has 25 heavy (non-hydrogen) atoms. The summed E-state index contributed by atoms with van der Waals surface area (Å²) in [6.07, 6.45) is 4.45. The van der Waals surface area contributed by atoms with Crippen molar-refractivity contribution in [3.8, 4) is 0 Å². The minimum absolute atomic E-state index is 0.0139. The number of aryl methyl sites for hydroxylation is 1. The first-order valence-electron chi connectivity index (χ1n) is 9.43. The number of carbonyl (C=O) groups is 2. The predicted molar refractivity (Wildman–Crippen MR) is 99.7 cm³/mol. The van der Waals surface area contributed by atoms with Crippen LogP contribution in [0.2, 0.25) is 0 Å². The summed E-state index contributed by atoms with van der Waals surface area (Å²) in [6.45, 7) is 7.28. The molecule has 1 N–H and O–H groups in total. The summed E-state index contributed by atoms with van der Waals surface area (Å²) >= 11 is 0. The molecule has 1 aromatic rings. The molecule has 5 nitrogen and oxygen atoms in total. The Kier molecular flexibility index (Phi) is 5.61. The molecule has 1 heterocycles. The maximum absolute atomic E-state index is 12.4. The van der Waals surface area contributed by atoms with Gasteiger partial charge in [-0.3, -0.25) is 9.59 Å². The number of nitrogens with one attached hydrogen (secondary N) is 1. The molecule has 5 heteroatoms. The fraction of sp³-hybridized carbons (Fsp3) is 0.600. The standard InChI is InChI=1S/C20H29N3O2/c1-15-6-5-9-18(16(15)2)22-10-12-23(13-11-22)20(25)14-19(24)21-17-7-3-4-8-17/h5-6,9,17H,3-4,7-8,10-14H2,1-2H3,(H,21,24). The average Bonchev–Trinajstić information content (AvgIpc) is 3.10. The highest BCUT2D eigenvalue weighted by Crippen LogP contribution is 2.24. The van der Waals surface area contributed by atoms with E-state index < -0.39 is 0 Å². The van der Waals surface area contributed by atoms with E-state index in [1.807, 2.05) is 4.90 Å². The average molecular weight is 343 g/mol. The molecule has 1 saturated carbocycles. The molecule has 2 aliphatic rings. The van der Waals surface area contributed by atoms with E-state index in [2.05, 4.69) is 42.3 Å². The third-order valence-electron chi connectivity index (χ3n) is 5.58. The highest BCUT2D eigenvalue weighted by Gasteiger charge is 2.25. The van der Waals surface area contributed by atoms with Crippen LogP contribution in [0.5, 0.6) is 0 Å².